The summed E-state index contributed by atoms with van der Waals surface area (Å²) in [6.45, 7) is 6.70. The van der Waals surface area contributed by atoms with Gasteiger partial charge in [-0.25, -0.2) is 0 Å². The van der Waals surface area contributed by atoms with Gasteiger partial charge in [0, 0.05) is 17.8 Å². The van der Waals surface area contributed by atoms with Gasteiger partial charge >= 0.3 is 0 Å². The Bertz CT molecular complexity index is 150. The minimum Gasteiger partial charge on any atom is -0.356 e. The molecule has 2 nitrogen and oxygen atoms in total. The van der Waals surface area contributed by atoms with E-state index in [4.69, 9.17) is 11.6 Å². The average molecular weight is 206 g/mol. The number of alkyl halides is 1. The number of hydrogen-bond donors (Lipinski definition) is 1. The lowest BCUT2D eigenvalue weighted by Gasteiger charge is -2.11. The summed E-state index contributed by atoms with van der Waals surface area (Å²) in [4.78, 5) is 11.3. The Morgan fingerprint density at radius 1 is 1.38 bits per heavy atom. The van der Waals surface area contributed by atoms with Crippen LogP contribution in [0.4, 0.5) is 0 Å². The molecule has 1 N–H and O–H groups in total. The van der Waals surface area contributed by atoms with Crippen LogP contribution < -0.4 is 5.32 Å². The predicted molar refractivity (Wildman–Crippen MR) is 57.0 cm³/mol. The molecule has 0 rings (SSSR count). The molecule has 0 saturated carbocycles. The number of carbonyl (C=O) groups excluding carboxylic acids is 1. The summed E-state index contributed by atoms with van der Waals surface area (Å²) in [5, 5.41) is 3.07. The summed E-state index contributed by atoms with van der Waals surface area (Å²) < 4.78 is 0. The second-order valence-electron chi connectivity index (χ2n) is 3.39. The van der Waals surface area contributed by atoms with Gasteiger partial charge in [0.1, 0.15) is 0 Å². The second kappa shape index (κ2) is 7.19. The number of nitrogens with one attached hydrogen (secondary N) is 1. The smallest absolute Gasteiger partial charge is 0.222 e. The van der Waals surface area contributed by atoms with E-state index in [9.17, 15) is 4.79 Å². The third-order valence-corrected chi connectivity index (χ3v) is 2.79. The molecule has 0 aromatic rings. The first-order chi connectivity index (χ1) is 6.11. The van der Waals surface area contributed by atoms with Gasteiger partial charge in [-0.3, -0.25) is 4.79 Å². The molecule has 0 aromatic carbocycles. The third-order valence-electron chi connectivity index (χ3n) is 2.26. The molecule has 3 heteroatoms. The molecule has 1 amide bonds. The fourth-order valence-corrected chi connectivity index (χ4v) is 1.02. The quantitative estimate of drug-likeness (QED) is 0.664. The fraction of sp³-hybridized carbons (Fsp3) is 0.900. The van der Waals surface area contributed by atoms with E-state index in [0.29, 0.717) is 6.54 Å². The zero-order valence-corrected chi connectivity index (χ0v) is 9.53. The van der Waals surface area contributed by atoms with Crippen molar-refractivity contribution in [2.75, 3.05) is 6.54 Å². The zero-order chi connectivity index (χ0) is 10.3. The highest BCUT2D eigenvalue weighted by molar-refractivity contribution is 6.20. The molecule has 0 spiro atoms. The molecular formula is C10H20ClNO. The van der Waals surface area contributed by atoms with Crippen molar-refractivity contribution in [1.29, 1.82) is 0 Å². The van der Waals surface area contributed by atoms with E-state index < -0.39 is 0 Å². The molecule has 0 saturated heterocycles. The Morgan fingerprint density at radius 3 is 2.46 bits per heavy atom. The highest BCUT2D eigenvalue weighted by Gasteiger charge is 2.09. The van der Waals surface area contributed by atoms with Gasteiger partial charge in [-0.2, -0.15) is 0 Å². The number of hydrogen-bond acceptors (Lipinski definition) is 1. The molecule has 0 heterocycles. The topological polar surface area (TPSA) is 29.1 Å². The monoisotopic (exact) mass is 205 g/mol. The molecule has 13 heavy (non-hydrogen) atoms. The van der Waals surface area contributed by atoms with Crippen LogP contribution in [0.25, 0.3) is 0 Å². The standard InChI is InChI=1S/C10H20ClNO/c1-4-8(3)10(13)12-7-6-9(11)5-2/h8-9H,4-7H2,1-3H3,(H,12,13). The maximum Gasteiger partial charge on any atom is 0.222 e. The van der Waals surface area contributed by atoms with Crippen LogP contribution in [-0.2, 0) is 4.79 Å². The predicted octanol–water partition coefficient (Wildman–Crippen LogP) is 2.56. The lowest BCUT2D eigenvalue weighted by atomic mass is 10.1. The molecule has 0 aliphatic carbocycles. The summed E-state index contributed by atoms with van der Waals surface area (Å²) in [5.74, 6) is 0.262. The second-order valence-corrected chi connectivity index (χ2v) is 4.01. The first-order valence-corrected chi connectivity index (χ1v) is 5.47. The fourth-order valence-electron chi connectivity index (χ4n) is 0.916. The van der Waals surface area contributed by atoms with Gasteiger partial charge < -0.3 is 5.32 Å². The lowest BCUT2D eigenvalue weighted by molar-refractivity contribution is -0.124. The molecular weight excluding hydrogens is 186 g/mol. The molecule has 0 aliphatic rings. The Kier molecular flexibility index (Phi) is 7.06. The lowest BCUT2D eigenvalue weighted by Crippen LogP contribution is -2.30. The van der Waals surface area contributed by atoms with Crippen molar-refractivity contribution < 1.29 is 4.79 Å². The van der Waals surface area contributed by atoms with E-state index >= 15 is 0 Å². The minimum atomic E-state index is 0.121. The van der Waals surface area contributed by atoms with Crippen LogP contribution in [0.2, 0.25) is 0 Å². The molecule has 0 radical (unpaired) electrons. The molecule has 2 atom stereocenters. The van der Waals surface area contributed by atoms with Gasteiger partial charge in [0.15, 0.2) is 0 Å². The molecule has 2 unspecified atom stereocenters. The first kappa shape index (κ1) is 12.8. The third kappa shape index (κ3) is 5.92. The first-order valence-electron chi connectivity index (χ1n) is 5.03. The molecule has 0 bridgehead atoms. The van der Waals surface area contributed by atoms with E-state index in [0.717, 1.165) is 19.3 Å². The van der Waals surface area contributed by atoms with Crippen LogP contribution in [0.1, 0.15) is 40.0 Å². The van der Waals surface area contributed by atoms with Crippen molar-refractivity contribution in [3.05, 3.63) is 0 Å². The molecule has 0 aromatic heterocycles. The van der Waals surface area contributed by atoms with E-state index in [2.05, 4.69) is 5.32 Å². The largest absolute Gasteiger partial charge is 0.356 e. The average Bonchev–Trinajstić information content (AvgIpc) is 2.15. The number of carbonyl (C=O) groups is 1. The maximum absolute atomic E-state index is 11.3. The minimum absolute atomic E-state index is 0.121. The Morgan fingerprint density at radius 2 is 2.00 bits per heavy atom. The van der Waals surface area contributed by atoms with E-state index in [-0.39, 0.29) is 17.2 Å². The van der Waals surface area contributed by atoms with Gasteiger partial charge in [0.2, 0.25) is 5.91 Å². The van der Waals surface area contributed by atoms with Crippen molar-refractivity contribution in [2.24, 2.45) is 5.92 Å². The SMILES string of the molecule is CCC(Cl)CCNC(=O)C(C)CC. The summed E-state index contributed by atoms with van der Waals surface area (Å²) in [6, 6.07) is 0. The highest BCUT2D eigenvalue weighted by atomic mass is 35.5. The summed E-state index contributed by atoms with van der Waals surface area (Å²) in [6.07, 6.45) is 2.71. The summed E-state index contributed by atoms with van der Waals surface area (Å²) in [5.41, 5.74) is 0. The molecule has 78 valence electrons. The van der Waals surface area contributed by atoms with Crippen LogP contribution in [0.3, 0.4) is 0 Å². The Balaban J connectivity index is 3.47. The zero-order valence-electron chi connectivity index (χ0n) is 8.77. The van der Waals surface area contributed by atoms with Crippen molar-refractivity contribution in [1.82, 2.24) is 5.32 Å². The van der Waals surface area contributed by atoms with Gasteiger partial charge in [-0.15, -0.1) is 11.6 Å². The maximum atomic E-state index is 11.3. The highest BCUT2D eigenvalue weighted by Crippen LogP contribution is 2.05. The number of halogens is 1. The van der Waals surface area contributed by atoms with Gasteiger partial charge in [-0.05, 0) is 19.3 Å². The van der Waals surface area contributed by atoms with Crippen molar-refractivity contribution in [3.63, 3.8) is 0 Å². The van der Waals surface area contributed by atoms with Crippen molar-refractivity contribution in [3.8, 4) is 0 Å². The normalized spacial score (nSPS) is 15.1. The Labute approximate surface area is 86.0 Å². The van der Waals surface area contributed by atoms with Gasteiger partial charge in [-0.1, -0.05) is 20.8 Å². The van der Waals surface area contributed by atoms with Crippen molar-refractivity contribution in [2.45, 2.75) is 45.4 Å². The van der Waals surface area contributed by atoms with Crippen LogP contribution in [0, 0.1) is 5.92 Å². The van der Waals surface area contributed by atoms with E-state index in [1.54, 1.807) is 0 Å². The number of amides is 1. The van der Waals surface area contributed by atoms with Crippen LogP contribution in [0.5, 0.6) is 0 Å². The Hall–Kier alpha value is -0.240. The van der Waals surface area contributed by atoms with E-state index in [1.807, 2.05) is 20.8 Å². The van der Waals surface area contributed by atoms with Crippen LogP contribution in [-0.4, -0.2) is 17.8 Å². The van der Waals surface area contributed by atoms with E-state index in [1.165, 1.54) is 0 Å². The molecule has 0 fully saturated rings. The van der Waals surface area contributed by atoms with Crippen LogP contribution in [0.15, 0.2) is 0 Å². The van der Waals surface area contributed by atoms with Gasteiger partial charge in [0.25, 0.3) is 0 Å². The summed E-state index contributed by atoms with van der Waals surface area (Å²) >= 11 is 5.91. The summed E-state index contributed by atoms with van der Waals surface area (Å²) in [7, 11) is 0. The number of rotatable bonds is 6. The van der Waals surface area contributed by atoms with Crippen LogP contribution >= 0.6 is 11.6 Å². The molecule has 0 aliphatic heterocycles. The van der Waals surface area contributed by atoms with Crippen molar-refractivity contribution >= 4 is 17.5 Å². The van der Waals surface area contributed by atoms with Gasteiger partial charge in [0.05, 0.1) is 0 Å².